The molecule has 6 nitrogen and oxygen atoms in total. The number of nitrogens with one attached hydrogen (secondary N) is 1. The van der Waals surface area contributed by atoms with Crippen LogP contribution in [0.25, 0.3) is 0 Å². The highest BCUT2D eigenvalue weighted by Crippen LogP contribution is 2.28. The van der Waals surface area contributed by atoms with Crippen LogP contribution < -0.4 is 10.2 Å². The molecule has 1 N–H and O–H groups in total. The Hall–Kier alpha value is -2.60. The van der Waals surface area contributed by atoms with E-state index in [0.717, 1.165) is 37.2 Å². The van der Waals surface area contributed by atoms with Gasteiger partial charge in [-0.2, -0.15) is 0 Å². The number of nitro benzene ring substituents is 1. The van der Waals surface area contributed by atoms with Crippen molar-refractivity contribution < 1.29 is 9.72 Å². The largest absolute Gasteiger partial charge is 0.371 e. The molecule has 1 saturated heterocycles. The summed E-state index contributed by atoms with van der Waals surface area (Å²) in [5.41, 5.74) is 1.91. The predicted octanol–water partition coefficient (Wildman–Crippen LogP) is 3.78. The Morgan fingerprint density at radius 1 is 1.16 bits per heavy atom. The van der Waals surface area contributed by atoms with Crippen LogP contribution in [0.1, 0.15) is 28.8 Å². The number of carbonyl (C=O) groups is 1. The molecule has 0 aromatic heterocycles. The summed E-state index contributed by atoms with van der Waals surface area (Å²) < 4.78 is 0. The number of amides is 1. The number of anilines is 1. The van der Waals surface area contributed by atoms with Crippen molar-refractivity contribution in [1.29, 1.82) is 0 Å². The summed E-state index contributed by atoms with van der Waals surface area (Å²) in [4.78, 5) is 25.3. The Kier molecular flexibility index (Phi) is 5.19. The molecule has 0 aliphatic carbocycles. The summed E-state index contributed by atoms with van der Waals surface area (Å²) >= 11 is 5.85. The van der Waals surface area contributed by atoms with E-state index in [4.69, 9.17) is 11.6 Å². The summed E-state index contributed by atoms with van der Waals surface area (Å²) in [6.45, 7) is 2.04. The van der Waals surface area contributed by atoms with E-state index in [1.54, 1.807) is 18.2 Å². The first-order valence-corrected chi connectivity index (χ1v) is 8.48. The van der Waals surface area contributed by atoms with Crippen LogP contribution in [-0.4, -0.2) is 23.9 Å². The van der Waals surface area contributed by atoms with E-state index in [2.05, 4.69) is 10.2 Å². The van der Waals surface area contributed by atoms with Crippen LogP contribution in [-0.2, 0) is 6.54 Å². The van der Waals surface area contributed by atoms with Crippen LogP contribution in [0.2, 0.25) is 5.02 Å². The lowest BCUT2D eigenvalue weighted by molar-refractivity contribution is -0.384. The van der Waals surface area contributed by atoms with Gasteiger partial charge in [-0.1, -0.05) is 23.7 Å². The molecular weight excluding hydrogens is 342 g/mol. The summed E-state index contributed by atoms with van der Waals surface area (Å²) in [6, 6.07) is 11.6. The lowest BCUT2D eigenvalue weighted by atomic mass is 10.1. The van der Waals surface area contributed by atoms with Crippen molar-refractivity contribution in [3.63, 3.8) is 0 Å². The summed E-state index contributed by atoms with van der Waals surface area (Å²) in [6.07, 6.45) is 2.12. The predicted molar refractivity (Wildman–Crippen MR) is 97.2 cm³/mol. The summed E-state index contributed by atoms with van der Waals surface area (Å²) in [5.74, 6) is -0.319. The first-order chi connectivity index (χ1) is 12.0. The van der Waals surface area contributed by atoms with Crippen molar-refractivity contribution in [2.75, 3.05) is 18.0 Å². The molecule has 7 heteroatoms. The highest BCUT2D eigenvalue weighted by atomic mass is 35.5. The number of nitrogens with zero attached hydrogens (tertiary/aromatic N) is 2. The summed E-state index contributed by atoms with van der Waals surface area (Å²) in [5, 5.41) is 14.5. The number of hydrogen-bond donors (Lipinski definition) is 1. The van der Waals surface area contributed by atoms with E-state index in [0.29, 0.717) is 17.1 Å². The molecule has 130 valence electrons. The van der Waals surface area contributed by atoms with Crippen molar-refractivity contribution >= 4 is 28.9 Å². The number of halogens is 1. The summed E-state index contributed by atoms with van der Waals surface area (Å²) in [7, 11) is 0. The number of non-ortho nitro benzene ring substituents is 1. The van der Waals surface area contributed by atoms with Crippen LogP contribution in [0.4, 0.5) is 11.4 Å². The Labute approximate surface area is 150 Å². The smallest absolute Gasteiger partial charge is 0.270 e. The molecule has 1 aliphatic rings. The van der Waals surface area contributed by atoms with Gasteiger partial charge in [0.05, 0.1) is 16.2 Å². The number of benzene rings is 2. The molecule has 25 heavy (non-hydrogen) atoms. The van der Waals surface area contributed by atoms with Gasteiger partial charge in [0.15, 0.2) is 0 Å². The average molecular weight is 360 g/mol. The van der Waals surface area contributed by atoms with Crippen molar-refractivity contribution in [2.24, 2.45) is 0 Å². The number of rotatable bonds is 5. The lowest BCUT2D eigenvalue weighted by Crippen LogP contribution is -2.27. The molecule has 2 aromatic carbocycles. The Morgan fingerprint density at radius 2 is 1.84 bits per heavy atom. The zero-order valence-electron chi connectivity index (χ0n) is 13.6. The van der Waals surface area contributed by atoms with E-state index in [1.165, 1.54) is 12.1 Å². The zero-order valence-corrected chi connectivity index (χ0v) is 14.3. The maximum atomic E-state index is 12.7. The van der Waals surface area contributed by atoms with Gasteiger partial charge < -0.3 is 10.2 Å². The molecule has 0 unspecified atom stereocenters. The van der Waals surface area contributed by atoms with E-state index < -0.39 is 4.92 Å². The molecule has 0 saturated carbocycles. The maximum absolute atomic E-state index is 12.7. The zero-order chi connectivity index (χ0) is 17.8. The van der Waals surface area contributed by atoms with E-state index >= 15 is 0 Å². The minimum absolute atomic E-state index is 0.0837. The number of hydrogen-bond acceptors (Lipinski definition) is 4. The monoisotopic (exact) mass is 359 g/mol. The van der Waals surface area contributed by atoms with Crippen LogP contribution in [0.5, 0.6) is 0 Å². The highest BCUT2D eigenvalue weighted by molar-refractivity contribution is 6.30. The third-order valence-electron chi connectivity index (χ3n) is 4.25. The van der Waals surface area contributed by atoms with Gasteiger partial charge in [0.1, 0.15) is 0 Å². The molecular formula is C18H18ClN3O3. The third-order valence-corrected chi connectivity index (χ3v) is 4.50. The number of nitro groups is 1. The first-order valence-electron chi connectivity index (χ1n) is 8.10. The van der Waals surface area contributed by atoms with Gasteiger partial charge in [0.2, 0.25) is 0 Å². The minimum Gasteiger partial charge on any atom is -0.371 e. The van der Waals surface area contributed by atoms with Crippen LogP contribution in [0.15, 0.2) is 42.5 Å². The molecule has 0 radical (unpaired) electrons. The van der Waals surface area contributed by atoms with Gasteiger partial charge in [-0.15, -0.1) is 0 Å². The van der Waals surface area contributed by atoms with Crippen LogP contribution >= 0.6 is 11.6 Å². The van der Waals surface area contributed by atoms with Crippen LogP contribution in [0, 0.1) is 10.1 Å². The van der Waals surface area contributed by atoms with Crippen molar-refractivity contribution in [3.8, 4) is 0 Å². The van der Waals surface area contributed by atoms with Gasteiger partial charge in [0, 0.05) is 36.8 Å². The van der Waals surface area contributed by atoms with Crippen molar-refractivity contribution in [2.45, 2.75) is 19.4 Å². The van der Waals surface area contributed by atoms with E-state index in [-0.39, 0.29) is 11.6 Å². The molecule has 1 amide bonds. The third kappa shape index (κ3) is 4.09. The second-order valence-electron chi connectivity index (χ2n) is 5.96. The van der Waals surface area contributed by atoms with Crippen molar-refractivity contribution in [3.05, 3.63) is 68.7 Å². The molecule has 1 heterocycles. The van der Waals surface area contributed by atoms with Crippen molar-refractivity contribution in [1.82, 2.24) is 5.32 Å². The SMILES string of the molecule is O=C(NCc1ccc(Cl)cc1)c1cc([N+](=O)[O-])ccc1N1CCCC1. The molecule has 0 bridgehead atoms. The Morgan fingerprint density at radius 3 is 2.48 bits per heavy atom. The van der Waals surface area contributed by atoms with E-state index in [1.807, 2.05) is 12.1 Å². The minimum atomic E-state index is -0.482. The first kappa shape index (κ1) is 17.2. The van der Waals surface area contributed by atoms with Gasteiger partial charge >= 0.3 is 0 Å². The van der Waals surface area contributed by atoms with Gasteiger partial charge in [0.25, 0.3) is 11.6 Å². The maximum Gasteiger partial charge on any atom is 0.270 e. The topological polar surface area (TPSA) is 75.5 Å². The molecule has 2 aromatic rings. The van der Waals surface area contributed by atoms with Crippen LogP contribution in [0.3, 0.4) is 0 Å². The average Bonchev–Trinajstić information content (AvgIpc) is 3.15. The lowest BCUT2D eigenvalue weighted by Gasteiger charge is -2.21. The highest BCUT2D eigenvalue weighted by Gasteiger charge is 2.22. The standard InChI is InChI=1S/C18H18ClN3O3/c19-14-5-3-13(4-6-14)12-20-18(23)16-11-15(22(24)25)7-8-17(16)21-9-1-2-10-21/h3-8,11H,1-2,9-10,12H2,(H,20,23). The van der Waals surface area contributed by atoms with E-state index in [9.17, 15) is 14.9 Å². The fraction of sp³-hybridized carbons (Fsp3) is 0.278. The second kappa shape index (κ2) is 7.53. The molecule has 3 rings (SSSR count). The molecule has 0 atom stereocenters. The van der Waals surface area contributed by atoms with Gasteiger partial charge in [-0.25, -0.2) is 0 Å². The number of carbonyl (C=O) groups excluding carboxylic acids is 1. The quantitative estimate of drug-likeness (QED) is 0.651. The van der Waals surface area contributed by atoms with Gasteiger partial charge in [-0.3, -0.25) is 14.9 Å². The normalized spacial score (nSPS) is 13.7. The second-order valence-corrected chi connectivity index (χ2v) is 6.40. The Bertz CT molecular complexity index is 787. The van der Waals surface area contributed by atoms with Gasteiger partial charge in [-0.05, 0) is 36.6 Å². The molecule has 1 fully saturated rings. The molecule has 1 aliphatic heterocycles. The fourth-order valence-corrected chi connectivity index (χ4v) is 3.06. The molecule has 0 spiro atoms. The Balaban J connectivity index is 1.82. The fourth-order valence-electron chi connectivity index (χ4n) is 2.93.